The summed E-state index contributed by atoms with van der Waals surface area (Å²) < 4.78 is 5.27. The summed E-state index contributed by atoms with van der Waals surface area (Å²) in [5.74, 6) is -2.10. The second kappa shape index (κ2) is 7.61. The number of amides is 4. The summed E-state index contributed by atoms with van der Waals surface area (Å²) in [4.78, 5) is 46.8. The average molecular weight is 405 g/mol. The molecule has 27 heavy (non-hydrogen) atoms. The molecule has 1 fully saturated rings. The summed E-state index contributed by atoms with van der Waals surface area (Å²) >= 11 is 11.7. The van der Waals surface area contributed by atoms with Crippen LogP contribution in [-0.2, 0) is 9.59 Å². The van der Waals surface area contributed by atoms with Crippen LogP contribution in [-0.4, -0.2) is 23.8 Å². The molecular weight excluding hydrogens is 395 g/mol. The summed E-state index contributed by atoms with van der Waals surface area (Å²) in [6.07, 6.45) is 1.27. The lowest BCUT2D eigenvalue weighted by molar-refractivity contribution is -0.123. The van der Waals surface area contributed by atoms with Gasteiger partial charge in [0.1, 0.15) is 11.3 Å². The fourth-order valence-electron chi connectivity index (χ4n) is 2.23. The highest BCUT2D eigenvalue weighted by molar-refractivity contribution is 6.42. The molecule has 1 aliphatic heterocycles. The highest BCUT2D eigenvalue weighted by Gasteiger charge is 2.27. The number of hydrogen-bond acceptors (Lipinski definition) is 5. The van der Waals surface area contributed by atoms with Crippen LogP contribution >= 0.6 is 23.2 Å². The molecule has 2 N–H and O–H groups in total. The number of hydrogen-bond donors (Lipinski definition) is 2. The predicted octanol–water partition coefficient (Wildman–Crippen LogP) is 2.96. The Kier molecular flexibility index (Phi) is 5.25. The fourth-order valence-corrected chi connectivity index (χ4v) is 2.53. The van der Waals surface area contributed by atoms with E-state index in [1.165, 1.54) is 36.4 Å². The SMILES string of the molecule is O=C1NC(=O)C(=Cc2cccc(OC(=O)c3ccc(Cl)c(Cl)c3)c2)C(=O)N1. The first-order valence-electron chi connectivity index (χ1n) is 7.49. The van der Waals surface area contributed by atoms with Crippen LogP contribution in [0.15, 0.2) is 48.0 Å². The number of rotatable bonds is 3. The minimum Gasteiger partial charge on any atom is -0.423 e. The Hall–Kier alpha value is -3.16. The van der Waals surface area contributed by atoms with Gasteiger partial charge in [0.05, 0.1) is 15.6 Å². The van der Waals surface area contributed by atoms with Crippen molar-refractivity contribution in [2.24, 2.45) is 0 Å². The lowest BCUT2D eigenvalue weighted by atomic mass is 10.1. The lowest BCUT2D eigenvalue weighted by Crippen LogP contribution is -2.51. The van der Waals surface area contributed by atoms with Crippen molar-refractivity contribution in [2.75, 3.05) is 0 Å². The Balaban J connectivity index is 1.81. The lowest BCUT2D eigenvalue weighted by Gasteiger charge is -2.14. The number of carbonyl (C=O) groups excluding carboxylic acids is 4. The van der Waals surface area contributed by atoms with Crippen molar-refractivity contribution in [3.63, 3.8) is 0 Å². The minimum atomic E-state index is -0.883. The van der Waals surface area contributed by atoms with E-state index in [2.05, 4.69) is 0 Å². The molecule has 1 heterocycles. The minimum absolute atomic E-state index is 0.188. The second-order valence-corrected chi connectivity index (χ2v) is 6.20. The van der Waals surface area contributed by atoms with Gasteiger partial charge in [0.2, 0.25) is 0 Å². The summed E-state index contributed by atoms with van der Waals surface area (Å²) in [5.41, 5.74) is 0.379. The molecule has 0 radical (unpaired) electrons. The molecular formula is C18H10Cl2N2O5. The van der Waals surface area contributed by atoms with Gasteiger partial charge in [-0.15, -0.1) is 0 Å². The maximum Gasteiger partial charge on any atom is 0.343 e. The number of benzene rings is 2. The third kappa shape index (κ3) is 4.33. The van der Waals surface area contributed by atoms with Gasteiger partial charge in [-0.3, -0.25) is 20.2 Å². The standard InChI is InChI=1S/C18H10Cl2N2O5/c19-13-5-4-10(8-14(13)20)17(25)27-11-3-1-2-9(6-11)7-12-15(23)21-18(26)22-16(12)24/h1-8H,(H2,21,22,23,24,26). The van der Waals surface area contributed by atoms with Crippen LogP contribution in [0.3, 0.4) is 0 Å². The zero-order chi connectivity index (χ0) is 19.6. The maximum absolute atomic E-state index is 12.2. The number of nitrogens with one attached hydrogen (secondary N) is 2. The molecule has 1 aliphatic rings. The zero-order valence-electron chi connectivity index (χ0n) is 13.4. The normalized spacial score (nSPS) is 13.7. The van der Waals surface area contributed by atoms with Crippen LogP contribution in [0.1, 0.15) is 15.9 Å². The van der Waals surface area contributed by atoms with Gasteiger partial charge in [0, 0.05) is 0 Å². The van der Waals surface area contributed by atoms with Gasteiger partial charge < -0.3 is 4.74 Å². The van der Waals surface area contributed by atoms with Gasteiger partial charge in [-0.2, -0.15) is 0 Å². The van der Waals surface area contributed by atoms with Crippen LogP contribution in [0.5, 0.6) is 5.75 Å². The Bertz CT molecular complexity index is 995. The topological polar surface area (TPSA) is 102 Å². The molecule has 2 aromatic carbocycles. The number of ether oxygens (including phenoxy) is 1. The van der Waals surface area contributed by atoms with Gasteiger partial charge >= 0.3 is 12.0 Å². The fraction of sp³-hybridized carbons (Fsp3) is 0. The van der Waals surface area contributed by atoms with Crippen molar-refractivity contribution < 1.29 is 23.9 Å². The molecule has 1 saturated heterocycles. The zero-order valence-corrected chi connectivity index (χ0v) is 14.9. The summed E-state index contributed by atoms with van der Waals surface area (Å²) in [5, 5.41) is 4.47. The largest absolute Gasteiger partial charge is 0.423 e. The first-order chi connectivity index (χ1) is 12.8. The smallest absolute Gasteiger partial charge is 0.343 e. The third-order valence-electron chi connectivity index (χ3n) is 3.48. The first-order valence-corrected chi connectivity index (χ1v) is 8.25. The van der Waals surface area contributed by atoms with Crippen molar-refractivity contribution in [3.05, 3.63) is 69.2 Å². The second-order valence-electron chi connectivity index (χ2n) is 5.39. The van der Waals surface area contributed by atoms with Crippen LogP contribution in [0.2, 0.25) is 10.0 Å². The molecule has 4 amide bonds. The van der Waals surface area contributed by atoms with E-state index in [-0.39, 0.29) is 21.9 Å². The van der Waals surface area contributed by atoms with Crippen molar-refractivity contribution in [3.8, 4) is 5.75 Å². The summed E-state index contributed by atoms with van der Waals surface area (Å²) in [6, 6.07) is 9.60. The van der Waals surface area contributed by atoms with Crippen molar-refractivity contribution >= 4 is 53.1 Å². The van der Waals surface area contributed by atoms with E-state index in [0.29, 0.717) is 10.6 Å². The number of carbonyl (C=O) groups is 4. The average Bonchev–Trinajstić information content (AvgIpc) is 2.60. The molecule has 9 heteroatoms. The highest BCUT2D eigenvalue weighted by Crippen LogP contribution is 2.24. The van der Waals surface area contributed by atoms with Crippen molar-refractivity contribution in [1.29, 1.82) is 0 Å². The summed E-state index contributed by atoms with van der Waals surface area (Å²) in [7, 11) is 0. The van der Waals surface area contributed by atoms with Gasteiger partial charge in [-0.05, 0) is 42.0 Å². The van der Waals surface area contributed by atoms with Gasteiger partial charge in [-0.1, -0.05) is 35.3 Å². The number of halogens is 2. The molecule has 0 saturated carbocycles. The first kappa shape index (κ1) is 18.6. The van der Waals surface area contributed by atoms with E-state index in [4.69, 9.17) is 27.9 Å². The molecule has 0 aromatic heterocycles. The molecule has 0 bridgehead atoms. The Morgan fingerprint density at radius 2 is 1.63 bits per heavy atom. The molecule has 2 aromatic rings. The van der Waals surface area contributed by atoms with Crippen LogP contribution in [0, 0.1) is 0 Å². The van der Waals surface area contributed by atoms with Crippen LogP contribution < -0.4 is 15.4 Å². The van der Waals surface area contributed by atoms with E-state index in [0.717, 1.165) is 0 Å². The number of imide groups is 2. The van der Waals surface area contributed by atoms with Crippen molar-refractivity contribution in [2.45, 2.75) is 0 Å². The van der Waals surface area contributed by atoms with E-state index in [9.17, 15) is 19.2 Å². The number of esters is 1. The predicted molar refractivity (Wildman–Crippen MR) is 97.5 cm³/mol. The van der Waals surface area contributed by atoms with Gasteiger partial charge in [0.15, 0.2) is 0 Å². The van der Waals surface area contributed by atoms with Crippen LogP contribution in [0.4, 0.5) is 4.79 Å². The monoisotopic (exact) mass is 404 g/mol. The number of urea groups is 1. The number of barbiturate groups is 1. The maximum atomic E-state index is 12.2. The van der Waals surface area contributed by atoms with E-state index < -0.39 is 23.8 Å². The Morgan fingerprint density at radius 1 is 0.926 bits per heavy atom. The molecule has 0 atom stereocenters. The molecule has 136 valence electrons. The van der Waals surface area contributed by atoms with E-state index in [1.807, 2.05) is 10.6 Å². The Morgan fingerprint density at radius 3 is 2.30 bits per heavy atom. The van der Waals surface area contributed by atoms with Gasteiger partial charge in [-0.25, -0.2) is 9.59 Å². The van der Waals surface area contributed by atoms with Gasteiger partial charge in [0.25, 0.3) is 11.8 Å². The Labute approximate surface area is 162 Å². The summed E-state index contributed by atoms with van der Waals surface area (Å²) in [6.45, 7) is 0. The van der Waals surface area contributed by atoms with Crippen LogP contribution in [0.25, 0.3) is 6.08 Å². The molecule has 3 rings (SSSR count). The molecule has 7 nitrogen and oxygen atoms in total. The van der Waals surface area contributed by atoms with Crippen molar-refractivity contribution in [1.82, 2.24) is 10.6 Å². The molecule has 0 aliphatic carbocycles. The molecule has 0 spiro atoms. The molecule has 0 unspecified atom stereocenters. The highest BCUT2D eigenvalue weighted by atomic mass is 35.5. The third-order valence-corrected chi connectivity index (χ3v) is 4.22. The van der Waals surface area contributed by atoms with E-state index >= 15 is 0 Å². The van der Waals surface area contributed by atoms with E-state index in [1.54, 1.807) is 12.1 Å². The quantitative estimate of drug-likeness (QED) is 0.354.